The average molecular weight is 260 g/mol. The largest absolute Gasteiger partial charge is 0.497 e. The van der Waals surface area contributed by atoms with E-state index in [0.717, 1.165) is 11.3 Å². The van der Waals surface area contributed by atoms with Crippen LogP contribution in [-0.2, 0) is 5.60 Å². The Balaban J connectivity index is 2.48. The summed E-state index contributed by atoms with van der Waals surface area (Å²) >= 11 is 0. The number of aromatic amines is 1. The molecule has 0 aliphatic heterocycles. The third-order valence-electron chi connectivity index (χ3n) is 2.85. The van der Waals surface area contributed by atoms with E-state index < -0.39 is 5.60 Å². The van der Waals surface area contributed by atoms with E-state index in [1.165, 1.54) is 0 Å². The topological polar surface area (TPSA) is 75.2 Å². The van der Waals surface area contributed by atoms with Gasteiger partial charge in [-0.3, -0.25) is 4.79 Å². The lowest BCUT2D eigenvalue weighted by Gasteiger charge is -2.16. The monoisotopic (exact) mass is 260 g/mol. The van der Waals surface area contributed by atoms with Gasteiger partial charge in [0.2, 0.25) is 0 Å². The van der Waals surface area contributed by atoms with Gasteiger partial charge in [0.1, 0.15) is 5.75 Å². The Labute approximate surface area is 110 Å². The lowest BCUT2D eigenvalue weighted by molar-refractivity contribution is 0.0769. The molecule has 5 heteroatoms. The van der Waals surface area contributed by atoms with Gasteiger partial charge in [-0.2, -0.15) is 5.10 Å². The number of H-pyrrole nitrogens is 1. The lowest BCUT2D eigenvalue weighted by Crippen LogP contribution is -2.27. The molecule has 0 aliphatic rings. The van der Waals surface area contributed by atoms with Crippen LogP contribution in [0.25, 0.3) is 11.3 Å². The van der Waals surface area contributed by atoms with Crippen molar-refractivity contribution in [1.29, 1.82) is 0 Å². The molecule has 0 saturated heterocycles. The van der Waals surface area contributed by atoms with E-state index in [1.54, 1.807) is 27.0 Å². The zero-order chi connectivity index (χ0) is 14.0. The molecule has 0 bridgehead atoms. The van der Waals surface area contributed by atoms with Crippen molar-refractivity contribution < 1.29 is 9.84 Å². The summed E-state index contributed by atoms with van der Waals surface area (Å²) in [4.78, 5) is 11.7. The van der Waals surface area contributed by atoms with Crippen LogP contribution >= 0.6 is 0 Å². The summed E-state index contributed by atoms with van der Waals surface area (Å²) in [6.07, 6.45) is 0. The summed E-state index contributed by atoms with van der Waals surface area (Å²) in [5.74, 6) is 0.746. The van der Waals surface area contributed by atoms with E-state index in [9.17, 15) is 9.90 Å². The summed E-state index contributed by atoms with van der Waals surface area (Å²) < 4.78 is 5.08. The minimum Gasteiger partial charge on any atom is -0.497 e. The van der Waals surface area contributed by atoms with Gasteiger partial charge in [-0.05, 0) is 44.2 Å². The molecule has 0 radical (unpaired) electrons. The number of methoxy groups -OCH3 is 1. The molecule has 0 aliphatic carbocycles. The molecular weight excluding hydrogens is 244 g/mol. The molecule has 0 atom stereocenters. The summed E-state index contributed by atoms with van der Waals surface area (Å²) in [6.45, 7) is 3.13. The molecule has 0 spiro atoms. The van der Waals surface area contributed by atoms with Gasteiger partial charge in [-0.25, -0.2) is 5.10 Å². The minimum atomic E-state index is -1.21. The van der Waals surface area contributed by atoms with Crippen molar-refractivity contribution in [1.82, 2.24) is 10.2 Å². The van der Waals surface area contributed by atoms with Crippen LogP contribution < -0.4 is 10.3 Å². The highest BCUT2D eigenvalue weighted by molar-refractivity contribution is 5.60. The molecule has 1 heterocycles. The van der Waals surface area contributed by atoms with Gasteiger partial charge in [0.05, 0.1) is 24.0 Å². The maximum Gasteiger partial charge on any atom is 0.270 e. The van der Waals surface area contributed by atoms with Gasteiger partial charge in [0, 0.05) is 5.56 Å². The Bertz CT molecular complexity index is 624. The standard InChI is InChI=1S/C14H16N2O3/c1-14(2,18)11-8-12(15-16-13(11)17)9-4-6-10(19-3)7-5-9/h4-8,18H,1-3H3,(H,16,17). The average Bonchev–Trinajstić information content (AvgIpc) is 2.38. The maximum absolute atomic E-state index is 11.7. The van der Waals surface area contributed by atoms with Gasteiger partial charge >= 0.3 is 0 Å². The van der Waals surface area contributed by atoms with Crippen molar-refractivity contribution in [3.8, 4) is 17.0 Å². The Morgan fingerprint density at radius 1 is 1.26 bits per heavy atom. The summed E-state index contributed by atoms with van der Waals surface area (Å²) in [5, 5.41) is 16.3. The van der Waals surface area contributed by atoms with Crippen molar-refractivity contribution in [2.24, 2.45) is 0 Å². The molecular formula is C14H16N2O3. The van der Waals surface area contributed by atoms with E-state index >= 15 is 0 Å². The first-order chi connectivity index (χ1) is 8.91. The van der Waals surface area contributed by atoms with E-state index in [-0.39, 0.29) is 11.1 Å². The fourth-order valence-corrected chi connectivity index (χ4v) is 1.77. The second-order valence-corrected chi connectivity index (χ2v) is 4.78. The highest BCUT2D eigenvalue weighted by Crippen LogP contribution is 2.23. The van der Waals surface area contributed by atoms with Crippen LogP contribution in [0.5, 0.6) is 5.75 Å². The molecule has 1 aromatic carbocycles. The second-order valence-electron chi connectivity index (χ2n) is 4.78. The Morgan fingerprint density at radius 2 is 1.89 bits per heavy atom. The minimum absolute atomic E-state index is 0.285. The molecule has 0 fully saturated rings. The van der Waals surface area contributed by atoms with Crippen LogP contribution in [0.3, 0.4) is 0 Å². The number of hydrogen-bond donors (Lipinski definition) is 2. The first kappa shape index (κ1) is 13.3. The fourth-order valence-electron chi connectivity index (χ4n) is 1.77. The second kappa shape index (κ2) is 4.85. The molecule has 2 rings (SSSR count). The van der Waals surface area contributed by atoms with Crippen molar-refractivity contribution in [3.05, 3.63) is 46.2 Å². The van der Waals surface area contributed by atoms with Crippen LogP contribution in [0, 0.1) is 0 Å². The van der Waals surface area contributed by atoms with Crippen molar-refractivity contribution in [2.45, 2.75) is 19.4 Å². The molecule has 2 aromatic rings. The molecule has 19 heavy (non-hydrogen) atoms. The molecule has 5 nitrogen and oxygen atoms in total. The SMILES string of the molecule is COc1ccc(-c2cc(C(C)(C)O)c(=O)[nH]n2)cc1. The highest BCUT2D eigenvalue weighted by atomic mass is 16.5. The fraction of sp³-hybridized carbons (Fsp3) is 0.286. The zero-order valence-corrected chi connectivity index (χ0v) is 11.1. The first-order valence-corrected chi connectivity index (χ1v) is 5.89. The number of aliphatic hydroxyl groups is 1. The number of ether oxygens (including phenoxy) is 1. The molecule has 1 aromatic heterocycles. The number of nitrogens with one attached hydrogen (secondary N) is 1. The summed E-state index contributed by atoms with van der Waals surface area (Å²) in [7, 11) is 1.60. The number of nitrogens with zero attached hydrogens (tertiary/aromatic N) is 1. The third kappa shape index (κ3) is 2.82. The number of benzene rings is 1. The van der Waals surface area contributed by atoms with Crippen LogP contribution in [0.2, 0.25) is 0 Å². The van der Waals surface area contributed by atoms with Crippen LogP contribution in [0.15, 0.2) is 35.1 Å². The van der Waals surface area contributed by atoms with Crippen molar-refractivity contribution in [3.63, 3.8) is 0 Å². The maximum atomic E-state index is 11.7. The molecule has 100 valence electrons. The predicted molar refractivity (Wildman–Crippen MR) is 72.1 cm³/mol. The lowest BCUT2D eigenvalue weighted by atomic mass is 9.98. The quantitative estimate of drug-likeness (QED) is 0.880. The summed E-state index contributed by atoms with van der Waals surface area (Å²) in [6, 6.07) is 8.90. The van der Waals surface area contributed by atoms with Crippen LogP contribution in [0.1, 0.15) is 19.4 Å². The smallest absolute Gasteiger partial charge is 0.270 e. The van der Waals surface area contributed by atoms with Gasteiger partial charge in [-0.1, -0.05) is 0 Å². The first-order valence-electron chi connectivity index (χ1n) is 5.89. The molecule has 0 amide bonds. The number of rotatable bonds is 3. The van der Waals surface area contributed by atoms with Crippen molar-refractivity contribution >= 4 is 0 Å². The molecule has 2 N–H and O–H groups in total. The van der Waals surface area contributed by atoms with E-state index in [0.29, 0.717) is 5.69 Å². The van der Waals surface area contributed by atoms with Crippen molar-refractivity contribution in [2.75, 3.05) is 7.11 Å². The van der Waals surface area contributed by atoms with Gasteiger partial charge in [0.15, 0.2) is 0 Å². The van der Waals surface area contributed by atoms with E-state index in [1.807, 2.05) is 24.3 Å². The third-order valence-corrected chi connectivity index (χ3v) is 2.85. The number of hydrogen-bond acceptors (Lipinski definition) is 4. The number of aromatic nitrogens is 2. The van der Waals surface area contributed by atoms with Gasteiger partial charge < -0.3 is 9.84 Å². The predicted octanol–water partition coefficient (Wildman–Crippen LogP) is 1.67. The van der Waals surface area contributed by atoms with Crippen LogP contribution in [0.4, 0.5) is 0 Å². The normalized spacial score (nSPS) is 11.4. The molecule has 0 saturated carbocycles. The van der Waals surface area contributed by atoms with E-state index in [4.69, 9.17) is 4.74 Å². The van der Waals surface area contributed by atoms with E-state index in [2.05, 4.69) is 10.2 Å². The van der Waals surface area contributed by atoms with Crippen LogP contribution in [-0.4, -0.2) is 22.4 Å². The Hall–Kier alpha value is -2.14. The zero-order valence-electron chi connectivity index (χ0n) is 11.1. The Morgan fingerprint density at radius 3 is 2.42 bits per heavy atom. The summed E-state index contributed by atoms with van der Waals surface area (Å²) in [5.41, 5.74) is 0.123. The highest BCUT2D eigenvalue weighted by Gasteiger charge is 2.21. The molecule has 0 unspecified atom stereocenters. The Kier molecular flexibility index (Phi) is 3.40. The van der Waals surface area contributed by atoms with Gasteiger partial charge in [0.25, 0.3) is 5.56 Å². The van der Waals surface area contributed by atoms with Gasteiger partial charge in [-0.15, -0.1) is 0 Å².